The van der Waals surface area contributed by atoms with Gasteiger partial charge in [0.25, 0.3) is 0 Å². The van der Waals surface area contributed by atoms with Crippen LogP contribution in [0.25, 0.3) is 10.8 Å². The van der Waals surface area contributed by atoms with Gasteiger partial charge in [0.05, 0.1) is 21.2 Å². The predicted octanol–water partition coefficient (Wildman–Crippen LogP) is 5.31. The number of hydrogen-bond donors (Lipinski definition) is 0. The molecule has 1 heterocycles. The molecule has 8 heteroatoms. The van der Waals surface area contributed by atoms with Crippen molar-refractivity contribution in [3.05, 3.63) is 75.8 Å². The summed E-state index contributed by atoms with van der Waals surface area (Å²) in [5.41, 5.74) is 0.852. The second-order valence-corrected chi connectivity index (χ2v) is 7.48. The molecular formula is C22H16Cl2N2O4. The van der Waals surface area contributed by atoms with Gasteiger partial charge >= 0.3 is 5.97 Å². The molecule has 0 fully saturated rings. The zero-order valence-corrected chi connectivity index (χ0v) is 17.6. The second-order valence-electron chi connectivity index (χ2n) is 6.66. The summed E-state index contributed by atoms with van der Waals surface area (Å²) in [5, 5.41) is 7.96. The second kappa shape index (κ2) is 7.97. The molecule has 0 radical (unpaired) electrons. The Morgan fingerprint density at radius 2 is 1.63 bits per heavy atom. The lowest BCUT2D eigenvalue weighted by molar-refractivity contribution is -0.135. The van der Waals surface area contributed by atoms with Crippen LogP contribution in [-0.4, -0.2) is 22.8 Å². The Hall–Kier alpha value is -3.09. The fourth-order valence-corrected chi connectivity index (χ4v) is 3.82. The number of hydrazone groups is 1. The molecule has 152 valence electrons. The third kappa shape index (κ3) is 3.72. The molecule has 4 rings (SSSR count). The van der Waals surface area contributed by atoms with Crippen LogP contribution in [0.1, 0.15) is 31.2 Å². The minimum Gasteiger partial charge on any atom is -0.445 e. The molecule has 0 saturated carbocycles. The van der Waals surface area contributed by atoms with Crippen molar-refractivity contribution in [2.45, 2.75) is 20.1 Å². The fraction of sp³-hybridized carbons (Fsp3) is 0.136. The lowest BCUT2D eigenvalue weighted by atomic mass is 10.1. The third-order valence-corrected chi connectivity index (χ3v) is 5.20. The standard InChI is InChI=1S/C22H16Cl2N2O4/c1-12(27)26-22(20-17(23)8-5-9-18(20)24)30-21(25-26)16-10-14-6-3-4-7-15(14)11-19(16)29-13(2)28/h3-11,22H,1-2H3/t22-/m1/s1. The summed E-state index contributed by atoms with van der Waals surface area (Å²) < 4.78 is 11.4. The smallest absolute Gasteiger partial charge is 0.308 e. The summed E-state index contributed by atoms with van der Waals surface area (Å²) in [6.07, 6.45) is -0.949. The summed E-state index contributed by atoms with van der Waals surface area (Å²) >= 11 is 12.7. The van der Waals surface area contributed by atoms with Gasteiger partial charge in [-0.3, -0.25) is 9.59 Å². The Balaban J connectivity index is 1.84. The lowest BCUT2D eigenvalue weighted by Gasteiger charge is -2.21. The number of esters is 1. The number of benzene rings is 3. The number of carbonyl (C=O) groups is 2. The molecule has 0 unspecified atom stereocenters. The first-order valence-electron chi connectivity index (χ1n) is 9.05. The van der Waals surface area contributed by atoms with Crippen LogP contribution < -0.4 is 4.74 Å². The van der Waals surface area contributed by atoms with Crippen LogP contribution in [0.4, 0.5) is 0 Å². The van der Waals surface area contributed by atoms with Crippen molar-refractivity contribution < 1.29 is 19.1 Å². The first kappa shape index (κ1) is 20.2. The topological polar surface area (TPSA) is 68.2 Å². The SMILES string of the molecule is CC(=O)Oc1cc2ccccc2cc1C1=NN(C(C)=O)[C@@H](c2c(Cl)cccc2Cl)O1. The largest absolute Gasteiger partial charge is 0.445 e. The highest BCUT2D eigenvalue weighted by Gasteiger charge is 2.37. The number of rotatable bonds is 3. The molecule has 0 N–H and O–H groups in total. The van der Waals surface area contributed by atoms with Gasteiger partial charge < -0.3 is 9.47 Å². The Morgan fingerprint density at radius 3 is 2.23 bits per heavy atom. The summed E-state index contributed by atoms with van der Waals surface area (Å²) in [4.78, 5) is 23.9. The highest BCUT2D eigenvalue weighted by Crippen LogP contribution is 2.40. The molecule has 0 bridgehead atoms. The molecule has 0 aliphatic carbocycles. The number of nitrogens with zero attached hydrogens (tertiary/aromatic N) is 2. The van der Waals surface area contributed by atoms with Crippen molar-refractivity contribution in [3.63, 3.8) is 0 Å². The Labute approximate surface area is 182 Å². The third-order valence-electron chi connectivity index (χ3n) is 4.55. The van der Waals surface area contributed by atoms with Gasteiger partial charge in [0.15, 0.2) is 0 Å². The van der Waals surface area contributed by atoms with E-state index in [-0.39, 0.29) is 17.6 Å². The van der Waals surface area contributed by atoms with Crippen molar-refractivity contribution >= 4 is 51.7 Å². The van der Waals surface area contributed by atoms with Gasteiger partial charge in [-0.25, -0.2) is 0 Å². The molecule has 3 aromatic rings. The number of carbonyl (C=O) groups excluding carboxylic acids is 2. The maximum Gasteiger partial charge on any atom is 0.308 e. The monoisotopic (exact) mass is 442 g/mol. The van der Waals surface area contributed by atoms with E-state index in [9.17, 15) is 9.59 Å². The highest BCUT2D eigenvalue weighted by atomic mass is 35.5. The zero-order chi connectivity index (χ0) is 21.4. The number of ether oxygens (including phenoxy) is 2. The molecule has 1 aliphatic rings. The van der Waals surface area contributed by atoms with Gasteiger partial charge in [-0.1, -0.05) is 53.5 Å². The van der Waals surface area contributed by atoms with E-state index in [4.69, 9.17) is 32.7 Å². The van der Waals surface area contributed by atoms with Crippen LogP contribution in [0, 0.1) is 0 Å². The molecule has 3 aromatic carbocycles. The first-order valence-corrected chi connectivity index (χ1v) is 9.81. The van der Waals surface area contributed by atoms with E-state index in [1.165, 1.54) is 13.8 Å². The van der Waals surface area contributed by atoms with Gasteiger partial charge in [-0.15, -0.1) is 5.10 Å². The van der Waals surface area contributed by atoms with E-state index in [2.05, 4.69) is 5.10 Å². The van der Waals surface area contributed by atoms with E-state index in [0.717, 1.165) is 15.8 Å². The summed E-state index contributed by atoms with van der Waals surface area (Å²) in [7, 11) is 0. The number of fused-ring (bicyclic) bond motifs is 1. The Bertz CT molecular complexity index is 1190. The van der Waals surface area contributed by atoms with E-state index in [1.54, 1.807) is 30.3 Å². The summed E-state index contributed by atoms with van der Waals surface area (Å²) in [6.45, 7) is 2.67. The van der Waals surface area contributed by atoms with Crippen LogP contribution in [0.15, 0.2) is 59.7 Å². The molecule has 6 nitrogen and oxygen atoms in total. The van der Waals surface area contributed by atoms with Crippen molar-refractivity contribution in [2.75, 3.05) is 0 Å². The quantitative estimate of drug-likeness (QED) is 0.407. The van der Waals surface area contributed by atoms with Gasteiger partial charge in [-0.2, -0.15) is 5.01 Å². The van der Waals surface area contributed by atoms with E-state index < -0.39 is 12.2 Å². The van der Waals surface area contributed by atoms with Crippen LogP contribution in [0.2, 0.25) is 10.0 Å². The minimum atomic E-state index is -0.949. The van der Waals surface area contributed by atoms with Gasteiger partial charge in [0.1, 0.15) is 5.75 Å². The lowest BCUT2D eigenvalue weighted by Crippen LogP contribution is -2.25. The van der Waals surface area contributed by atoms with Gasteiger partial charge in [-0.05, 0) is 35.0 Å². The number of halogens is 2. The van der Waals surface area contributed by atoms with Crippen molar-refractivity contribution in [1.29, 1.82) is 0 Å². The molecule has 0 spiro atoms. The number of amides is 1. The maximum atomic E-state index is 12.3. The van der Waals surface area contributed by atoms with Crippen molar-refractivity contribution in [2.24, 2.45) is 5.10 Å². The molecule has 1 amide bonds. The zero-order valence-electron chi connectivity index (χ0n) is 16.1. The predicted molar refractivity (Wildman–Crippen MR) is 115 cm³/mol. The van der Waals surface area contributed by atoms with Crippen LogP contribution in [-0.2, 0) is 14.3 Å². The van der Waals surface area contributed by atoms with Crippen LogP contribution in [0.5, 0.6) is 5.75 Å². The summed E-state index contributed by atoms with van der Waals surface area (Å²) in [5.74, 6) is -0.456. The fourth-order valence-electron chi connectivity index (χ4n) is 3.24. The minimum absolute atomic E-state index is 0.119. The van der Waals surface area contributed by atoms with Crippen LogP contribution in [0.3, 0.4) is 0 Å². The average molecular weight is 443 g/mol. The maximum absolute atomic E-state index is 12.3. The van der Waals surface area contributed by atoms with Gasteiger partial charge in [0.2, 0.25) is 18.0 Å². The normalized spacial score (nSPS) is 15.7. The Morgan fingerprint density at radius 1 is 1.00 bits per heavy atom. The Kier molecular flexibility index (Phi) is 5.37. The molecule has 0 saturated heterocycles. The molecule has 0 aromatic heterocycles. The van der Waals surface area contributed by atoms with Crippen molar-refractivity contribution in [1.82, 2.24) is 5.01 Å². The average Bonchev–Trinajstić information content (AvgIpc) is 3.12. The molecule has 1 aliphatic heterocycles. The van der Waals surface area contributed by atoms with E-state index >= 15 is 0 Å². The molecule has 30 heavy (non-hydrogen) atoms. The summed E-state index contributed by atoms with van der Waals surface area (Å²) in [6, 6.07) is 16.1. The van der Waals surface area contributed by atoms with Gasteiger partial charge in [0, 0.05) is 13.8 Å². The van der Waals surface area contributed by atoms with E-state index in [0.29, 0.717) is 21.2 Å². The first-order chi connectivity index (χ1) is 14.3. The molecular weight excluding hydrogens is 427 g/mol. The number of hydrogen-bond acceptors (Lipinski definition) is 5. The van der Waals surface area contributed by atoms with E-state index in [1.807, 2.05) is 24.3 Å². The highest BCUT2D eigenvalue weighted by molar-refractivity contribution is 6.36. The van der Waals surface area contributed by atoms with Crippen molar-refractivity contribution in [3.8, 4) is 5.75 Å². The molecule has 1 atom stereocenters. The van der Waals surface area contributed by atoms with Crippen LogP contribution >= 0.6 is 23.2 Å².